The second-order valence-electron chi connectivity index (χ2n) is 6.25. The van der Waals surface area contributed by atoms with Gasteiger partial charge in [-0.05, 0) is 44.2 Å². The topological polar surface area (TPSA) is 83.0 Å². The molecule has 0 amide bonds. The lowest BCUT2D eigenvalue weighted by Crippen LogP contribution is -2.05. The molecular formula is C20H18N4O3S2. The normalized spacial score (nSPS) is 11.0. The van der Waals surface area contributed by atoms with E-state index in [1.807, 2.05) is 54.1 Å². The molecule has 4 rings (SSSR count). The molecule has 7 nitrogen and oxygen atoms in total. The average Bonchev–Trinajstić information content (AvgIpc) is 3.47. The number of carbonyl (C=O) groups is 1. The van der Waals surface area contributed by atoms with Crippen molar-refractivity contribution >= 4 is 28.9 Å². The van der Waals surface area contributed by atoms with E-state index in [0.29, 0.717) is 16.7 Å². The number of rotatable bonds is 7. The highest BCUT2D eigenvalue weighted by molar-refractivity contribution is 7.99. The Morgan fingerprint density at radius 2 is 2.03 bits per heavy atom. The number of aryl methyl sites for hydroxylation is 1. The Hall–Kier alpha value is -2.91. The highest BCUT2D eigenvalue weighted by Crippen LogP contribution is 2.27. The lowest BCUT2D eigenvalue weighted by molar-refractivity contribution is 0.102. The van der Waals surface area contributed by atoms with Crippen molar-refractivity contribution in [3.05, 3.63) is 58.9 Å². The number of nitrogens with zero attached hydrogens (tertiary/aromatic N) is 4. The fourth-order valence-corrected chi connectivity index (χ4v) is 4.39. The summed E-state index contributed by atoms with van der Waals surface area (Å²) in [7, 11) is 1.61. The van der Waals surface area contributed by atoms with Crippen molar-refractivity contribution in [2.24, 2.45) is 0 Å². The number of thioether (sulfide) groups is 1. The number of hydrogen-bond donors (Lipinski definition) is 0. The van der Waals surface area contributed by atoms with Crippen LogP contribution in [0.2, 0.25) is 0 Å². The monoisotopic (exact) mass is 426 g/mol. The van der Waals surface area contributed by atoms with Gasteiger partial charge in [-0.15, -0.1) is 21.5 Å². The summed E-state index contributed by atoms with van der Waals surface area (Å²) in [4.78, 5) is 17.1. The highest BCUT2D eigenvalue weighted by Gasteiger charge is 2.19. The number of carbonyl (C=O) groups excluding carboxylic acids is 1. The maximum Gasteiger partial charge on any atom is 0.277 e. The fourth-order valence-electron chi connectivity index (χ4n) is 2.99. The van der Waals surface area contributed by atoms with Crippen LogP contribution >= 0.6 is 23.1 Å². The van der Waals surface area contributed by atoms with E-state index in [-0.39, 0.29) is 11.5 Å². The number of ether oxygens (including phenoxy) is 1. The molecule has 0 fully saturated rings. The second-order valence-corrected chi connectivity index (χ2v) is 8.05. The minimum absolute atomic E-state index is 0.00936. The van der Waals surface area contributed by atoms with Gasteiger partial charge in [0, 0.05) is 34.1 Å². The molecule has 0 aliphatic rings. The molecule has 0 unspecified atom stereocenters. The molecular weight excluding hydrogens is 408 g/mol. The maximum atomic E-state index is 12.8. The molecule has 0 atom stereocenters. The van der Waals surface area contributed by atoms with Gasteiger partial charge in [-0.3, -0.25) is 9.36 Å². The van der Waals surface area contributed by atoms with Gasteiger partial charge in [-0.1, -0.05) is 11.8 Å². The van der Waals surface area contributed by atoms with Crippen molar-refractivity contribution < 1.29 is 13.9 Å². The first-order valence-corrected chi connectivity index (χ1v) is 10.7. The summed E-state index contributed by atoms with van der Waals surface area (Å²) in [5.74, 6) is 1.38. The summed E-state index contributed by atoms with van der Waals surface area (Å²) in [6.07, 6.45) is 1.76. The number of ketones is 1. The summed E-state index contributed by atoms with van der Waals surface area (Å²) in [5.41, 5.74) is 3.33. The van der Waals surface area contributed by atoms with E-state index in [0.717, 1.165) is 27.8 Å². The molecule has 29 heavy (non-hydrogen) atoms. The first kappa shape index (κ1) is 19.4. The predicted molar refractivity (Wildman–Crippen MR) is 112 cm³/mol. The van der Waals surface area contributed by atoms with Crippen LogP contribution in [-0.2, 0) is 0 Å². The van der Waals surface area contributed by atoms with E-state index in [9.17, 15) is 4.79 Å². The number of methoxy groups -OCH3 is 1. The van der Waals surface area contributed by atoms with Crippen LogP contribution in [0.1, 0.15) is 21.7 Å². The SMILES string of the molecule is COc1ccc(-c2nnc(SCC(=O)c3cc(C)n(-c4nccs4)c3C)o2)cc1. The third-order valence-electron chi connectivity index (χ3n) is 4.41. The predicted octanol–water partition coefficient (Wildman–Crippen LogP) is 4.58. The van der Waals surface area contributed by atoms with E-state index in [1.54, 1.807) is 13.3 Å². The van der Waals surface area contributed by atoms with Gasteiger partial charge in [0.15, 0.2) is 10.9 Å². The molecule has 3 heterocycles. The Kier molecular flexibility index (Phi) is 5.50. The van der Waals surface area contributed by atoms with Crippen molar-refractivity contribution in [2.75, 3.05) is 12.9 Å². The van der Waals surface area contributed by atoms with Crippen molar-refractivity contribution in [3.8, 4) is 22.3 Å². The first-order chi connectivity index (χ1) is 14.1. The molecule has 0 aliphatic carbocycles. The zero-order valence-corrected chi connectivity index (χ0v) is 17.7. The van der Waals surface area contributed by atoms with E-state index in [2.05, 4.69) is 15.2 Å². The Morgan fingerprint density at radius 1 is 1.24 bits per heavy atom. The van der Waals surface area contributed by atoms with Crippen LogP contribution in [0.3, 0.4) is 0 Å². The zero-order valence-electron chi connectivity index (χ0n) is 16.1. The molecule has 1 aromatic carbocycles. The maximum absolute atomic E-state index is 12.8. The number of Topliss-reactive ketones (excluding diaryl/α,β-unsaturated/α-hetero) is 1. The Bertz CT molecular complexity index is 1130. The van der Waals surface area contributed by atoms with Crippen LogP contribution in [-0.4, -0.2) is 38.4 Å². The van der Waals surface area contributed by atoms with Crippen LogP contribution in [0.15, 0.2) is 51.5 Å². The second kappa shape index (κ2) is 8.22. The molecule has 0 bridgehead atoms. The van der Waals surface area contributed by atoms with Crippen LogP contribution in [0, 0.1) is 13.8 Å². The third-order valence-corrected chi connectivity index (χ3v) is 5.99. The highest BCUT2D eigenvalue weighted by atomic mass is 32.2. The lowest BCUT2D eigenvalue weighted by Gasteiger charge is -2.05. The van der Waals surface area contributed by atoms with Gasteiger partial charge in [0.1, 0.15) is 5.75 Å². The van der Waals surface area contributed by atoms with E-state index in [1.165, 1.54) is 23.1 Å². The molecule has 0 aliphatic heterocycles. The number of benzene rings is 1. The Labute approximate surface area is 175 Å². The van der Waals surface area contributed by atoms with Crippen LogP contribution in [0.25, 0.3) is 16.6 Å². The summed E-state index contributed by atoms with van der Waals surface area (Å²) >= 11 is 2.77. The number of aromatic nitrogens is 4. The van der Waals surface area contributed by atoms with Crippen LogP contribution in [0.5, 0.6) is 5.75 Å². The summed E-state index contributed by atoms with van der Waals surface area (Å²) < 4.78 is 12.8. The van der Waals surface area contributed by atoms with Crippen LogP contribution in [0.4, 0.5) is 0 Å². The van der Waals surface area contributed by atoms with E-state index < -0.39 is 0 Å². The van der Waals surface area contributed by atoms with Gasteiger partial charge in [-0.25, -0.2) is 4.98 Å². The first-order valence-electron chi connectivity index (χ1n) is 8.79. The fraction of sp³-hybridized carbons (Fsp3) is 0.200. The van der Waals surface area contributed by atoms with Gasteiger partial charge in [0.05, 0.1) is 12.9 Å². The van der Waals surface area contributed by atoms with Crippen molar-refractivity contribution in [1.29, 1.82) is 0 Å². The number of thiazole rings is 1. The molecule has 0 saturated carbocycles. The lowest BCUT2D eigenvalue weighted by atomic mass is 10.2. The zero-order chi connectivity index (χ0) is 20.4. The van der Waals surface area contributed by atoms with E-state index >= 15 is 0 Å². The van der Waals surface area contributed by atoms with E-state index in [4.69, 9.17) is 9.15 Å². The smallest absolute Gasteiger partial charge is 0.277 e. The van der Waals surface area contributed by atoms with Crippen LogP contribution < -0.4 is 4.74 Å². The molecule has 148 valence electrons. The minimum atomic E-state index is 0.00936. The quantitative estimate of drug-likeness (QED) is 0.316. The molecule has 0 spiro atoms. The van der Waals surface area contributed by atoms with Crippen molar-refractivity contribution in [3.63, 3.8) is 0 Å². The van der Waals surface area contributed by atoms with Gasteiger partial charge in [0.25, 0.3) is 5.22 Å². The molecule has 9 heteroatoms. The Morgan fingerprint density at radius 3 is 2.72 bits per heavy atom. The Balaban J connectivity index is 1.45. The summed E-state index contributed by atoms with van der Waals surface area (Å²) in [5, 5.41) is 11.2. The molecule has 0 N–H and O–H groups in total. The van der Waals surface area contributed by atoms with Gasteiger partial charge in [-0.2, -0.15) is 0 Å². The summed E-state index contributed by atoms with van der Waals surface area (Å²) in [6.45, 7) is 3.90. The molecule has 0 saturated heterocycles. The van der Waals surface area contributed by atoms with Crippen molar-refractivity contribution in [2.45, 2.75) is 19.1 Å². The molecule has 3 aromatic heterocycles. The van der Waals surface area contributed by atoms with Gasteiger partial charge >= 0.3 is 0 Å². The van der Waals surface area contributed by atoms with Crippen molar-refractivity contribution in [1.82, 2.24) is 19.7 Å². The molecule has 4 aromatic rings. The minimum Gasteiger partial charge on any atom is -0.497 e. The van der Waals surface area contributed by atoms with Gasteiger partial charge in [0.2, 0.25) is 5.89 Å². The summed E-state index contributed by atoms with van der Waals surface area (Å²) in [6, 6.07) is 9.25. The average molecular weight is 427 g/mol. The van der Waals surface area contributed by atoms with Gasteiger partial charge < -0.3 is 9.15 Å². The molecule has 0 radical (unpaired) electrons. The largest absolute Gasteiger partial charge is 0.497 e. The third kappa shape index (κ3) is 3.96. The standard InChI is InChI=1S/C20H18N4O3S2/c1-12-10-16(13(2)24(12)19-21-8-9-28-19)17(25)11-29-20-23-22-18(27-20)14-4-6-15(26-3)7-5-14/h4-10H,11H2,1-3H3. The number of hydrogen-bond acceptors (Lipinski definition) is 8.